The van der Waals surface area contributed by atoms with E-state index in [4.69, 9.17) is 14.2 Å². The molecular formula is C21H23NO8. The quantitative estimate of drug-likeness (QED) is 0.422. The largest absolute Gasteiger partial charge is 0.491 e. The Morgan fingerprint density at radius 2 is 1.73 bits per heavy atom. The molecule has 0 spiro atoms. The Hall–Kier alpha value is -3.30. The molecule has 0 amide bonds. The molecule has 0 aromatic heterocycles. The second-order valence-corrected chi connectivity index (χ2v) is 7.00. The number of carbonyl (C=O) groups is 2. The van der Waals surface area contributed by atoms with E-state index >= 15 is 0 Å². The van der Waals surface area contributed by atoms with Crippen LogP contribution in [0.2, 0.25) is 0 Å². The summed E-state index contributed by atoms with van der Waals surface area (Å²) >= 11 is 0. The highest BCUT2D eigenvalue weighted by atomic mass is 16.8. The van der Waals surface area contributed by atoms with E-state index < -0.39 is 23.8 Å². The third-order valence-electron chi connectivity index (χ3n) is 4.51. The van der Waals surface area contributed by atoms with Gasteiger partial charge in [0.05, 0.1) is 0 Å². The van der Waals surface area contributed by atoms with Crippen LogP contribution >= 0.6 is 0 Å². The molecule has 0 unspecified atom stereocenters. The summed E-state index contributed by atoms with van der Waals surface area (Å²) in [4.78, 5) is 22.6. The van der Waals surface area contributed by atoms with Crippen molar-refractivity contribution < 1.29 is 39.1 Å². The lowest BCUT2D eigenvalue weighted by Gasteiger charge is -2.18. The first-order valence-corrected chi connectivity index (χ1v) is 9.37. The number of nitrogens with one attached hydrogen (secondary N) is 1. The lowest BCUT2D eigenvalue weighted by Crippen LogP contribution is -2.54. The van der Waals surface area contributed by atoms with E-state index in [9.17, 15) is 24.9 Å². The highest BCUT2D eigenvalue weighted by molar-refractivity contribution is 6.01. The second kappa shape index (κ2) is 9.02. The molecule has 4 N–H and O–H groups in total. The summed E-state index contributed by atoms with van der Waals surface area (Å²) in [6, 6.07) is 13.9. The third-order valence-corrected chi connectivity index (χ3v) is 4.51. The van der Waals surface area contributed by atoms with E-state index in [1.54, 1.807) is 12.1 Å². The van der Waals surface area contributed by atoms with Crippen LogP contribution in [0.5, 0.6) is 17.2 Å². The van der Waals surface area contributed by atoms with Crippen molar-refractivity contribution in [2.24, 2.45) is 0 Å². The summed E-state index contributed by atoms with van der Waals surface area (Å²) in [6.07, 6.45) is -0.160. The number of carboxylic acids is 2. The van der Waals surface area contributed by atoms with Gasteiger partial charge in [-0.2, -0.15) is 0 Å². The molecule has 9 heteroatoms. The van der Waals surface area contributed by atoms with Gasteiger partial charge in [0.15, 0.2) is 11.5 Å². The highest BCUT2D eigenvalue weighted by Crippen LogP contribution is 2.40. The number of aliphatic carboxylic acids is 2. The Kier molecular flexibility index (Phi) is 6.43. The van der Waals surface area contributed by atoms with Crippen molar-refractivity contribution in [1.29, 1.82) is 0 Å². The van der Waals surface area contributed by atoms with Crippen LogP contribution in [0.25, 0.3) is 0 Å². The first-order valence-electron chi connectivity index (χ1n) is 9.37. The highest BCUT2D eigenvalue weighted by Gasteiger charge is 2.57. The fourth-order valence-electron chi connectivity index (χ4n) is 2.97. The van der Waals surface area contributed by atoms with Crippen molar-refractivity contribution in [3.63, 3.8) is 0 Å². The molecule has 1 heterocycles. The Labute approximate surface area is 172 Å². The topological polar surface area (TPSA) is 135 Å². The first kappa shape index (κ1) is 21.4. The van der Waals surface area contributed by atoms with Crippen molar-refractivity contribution in [2.45, 2.75) is 31.3 Å². The molecule has 0 saturated carbocycles. The fourth-order valence-corrected chi connectivity index (χ4v) is 2.97. The Bertz CT molecular complexity index is 887. The Morgan fingerprint density at radius 1 is 1.07 bits per heavy atom. The van der Waals surface area contributed by atoms with Crippen LogP contribution in [-0.2, 0) is 16.0 Å². The van der Waals surface area contributed by atoms with Gasteiger partial charge in [-0.1, -0.05) is 24.3 Å². The van der Waals surface area contributed by atoms with Gasteiger partial charge in [0.2, 0.25) is 0 Å². The van der Waals surface area contributed by atoms with Gasteiger partial charge in [0.25, 0.3) is 0 Å². The average molecular weight is 417 g/mol. The smallest absolute Gasteiger partial charge is 0.453 e. The molecule has 30 heavy (non-hydrogen) atoms. The zero-order valence-corrected chi connectivity index (χ0v) is 16.3. The predicted octanol–water partition coefficient (Wildman–Crippen LogP) is 1.28. The van der Waals surface area contributed by atoms with Crippen LogP contribution in [0, 0.1) is 0 Å². The lowest BCUT2D eigenvalue weighted by molar-refractivity contribution is -0.194. The zero-order chi connectivity index (χ0) is 21.7. The number of carboxylic acid groups (broad SMARTS) is 2. The molecule has 2 atom stereocenters. The maximum absolute atomic E-state index is 11.3. The number of aliphatic hydroxyl groups is 1. The van der Waals surface area contributed by atoms with Crippen molar-refractivity contribution in [1.82, 2.24) is 5.32 Å². The van der Waals surface area contributed by atoms with E-state index in [2.05, 4.69) is 5.32 Å². The third kappa shape index (κ3) is 4.81. The molecule has 160 valence electrons. The van der Waals surface area contributed by atoms with Crippen LogP contribution in [0.3, 0.4) is 0 Å². The normalized spacial score (nSPS) is 15.9. The molecule has 0 fully saturated rings. The van der Waals surface area contributed by atoms with Gasteiger partial charge in [-0.15, -0.1) is 0 Å². The van der Waals surface area contributed by atoms with Crippen LogP contribution in [0.1, 0.15) is 12.5 Å². The summed E-state index contributed by atoms with van der Waals surface area (Å²) in [5.41, 5.74) is 0.791. The number of fused-ring (bicyclic) bond motifs is 1. The monoisotopic (exact) mass is 417 g/mol. The summed E-state index contributed by atoms with van der Waals surface area (Å²) in [5.74, 6) is -5.46. The summed E-state index contributed by atoms with van der Waals surface area (Å²) < 4.78 is 15.7. The van der Waals surface area contributed by atoms with E-state index in [1.807, 2.05) is 37.3 Å². The van der Waals surface area contributed by atoms with Gasteiger partial charge < -0.3 is 34.8 Å². The van der Waals surface area contributed by atoms with E-state index in [1.165, 1.54) is 6.07 Å². The molecular weight excluding hydrogens is 394 g/mol. The number of rotatable bonds is 10. The van der Waals surface area contributed by atoms with Gasteiger partial charge in [-0.05, 0) is 43.2 Å². The molecule has 0 aliphatic carbocycles. The minimum atomic E-state index is -2.77. The predicted molar refractivity (Wildman–Crippen MR) is 105 cm³/mol. The number of benzene rings is 2. The van der Waals surface area contributed by atoms with E-state index in [0.29, 0.717) is 18.7 Å². The maximum Gasteiger partial charge on any atom is 0.453 e. The minimum Gasteiger partial charge on any atom is -0.491 e. The minimum absolute atomic E-state index is 0.0274. The zero-order valence-electron chi connectivity index (χ0n) is 16.3. The number of aliphatic hydroxyl groups excluding tert-OH is 1. The van der Waals surface area contributed by atoms with E-state index in [-0.39, 0.29) is 24.1 Å². The number of hydrogen-bond donors (Lipinski definition) is 4. The second-order valence-electron chi connectivity index (χ2n) is 7.00. The standard InChI is InChI=1S/C21H23NO8/c1-13(22-11-15(23)12-28-16-5-3-2-4-6-16)9-14-7-8-17-18(10-14)30-21(29-17,19(24)25)20(26)27/h2-8,10,13,15,22-23H,9,11-12H2,1H3,(H,24,25)(H,26,27)/t13-,15+/m1/s1. The summed E-state index contributed by atoms with van der Waals surface area (Å²) in [7, 11) is 0. The molecule has 1 aliphatic rings. The van der Waals surface area contributed by atoms with E-state index in [0.717, 1.165) is 5.56 Å². The van der Waals surface area contributed by atoms with Crippen LogP contribution in [-0.4, -0.2) is 58.3 Å². The molecule has 2 aromatic rings. The SMILES string of the molecule is C[C@H](Cc1ccc2c(c1)OC(C(=O)O)(C(=O)O)O2)NC[C@H](O)COc1ccccc1. The molecule has 9 nitrogen and oxygen atoms in total. The molecule has 3 rings (SSSR count). The number of para-hydroxylation sites is 1. The van der Waals surface area contributed by atoms with Gasteiger partial charge in [-0.3, -0.25) is 0 Å². The Balaban J connectivity index is 1.50. The molecule has 0 saturated heterocycles. The van der Waals surface area contributed by atoms with Crippen molar-refractivity contribution >= 4 is 11.9 Å². The van der Waals surface area contributed by atoms with Gasteiger partial charge in [0.1, 0.15) is 18.5 Å². The molecule has 1 aliphatic heterocycles. The van der Waals surface area contributed by atoms with Crippen molar-refractivity contribution in [2.75, 3.05) is 13.2 Å². The number of hydrogen-bond acceptors (Lipinski definition) is 7. The van der Waals surface area contributed by atoms with Crippen molar-refractivity contribution in [3.8, 4) is 17.2 Å². The van der Waals surface area contributed by atoms with Crippen molar-refractivity contribution in [3.05, 3.63) is 54.1 Å². The average Bonchev–Trinajstić information content (AvgIpc) is 3.12. The molecule has 2 aromatic carbocycles. The fraction of sp³-hybridized carbons (Fsp3) is 0.333. The van der Waals surface area contributed by atoms with Crippen LogP contribution in [0.15, 0.2) is 48.5 Å². The Morgan fingerprint density at radius 3 is 2.40 bits per heavy atom. The van der Waals surface area contributed by atoms with Gasteiger partial charge >= 0.3 is 17.7 Å². The van der Waals surface area contributed by atoms with Crippen LogP contribution < -0.4 is 19.5 Å². The van der Waals surface area contributed by atoms with Crippen LogP contribution in [0.4, 0.5) is 0 Å². The van der Waals surface area contributed by atoms with Gasteiger partial charge in [0, 0.05) is 12.6 Å². The molecule has 0 radical (unpaired) electrons. The molecule has 0 bridgehead atoms. The first-order chi connectivity index (χ1) is 14.3. The summed E-state index contributed by atoms with van der Waals surface area (Å²) in [5, 5.41) is 31.6. The van der Waals surface area contributed by atoms with Gasteiger partial charge in [-0.25, -0.2) is 9.59 Å². The lowest BCUT2D eigenvalue weighted by atomic mass is 10.1. The number of ether oxygens (including phenoxy) is 3. The maximum atomic E-state index is 11.3. The summed E-state index contributed by atoms with van der Waals surface area (Å²) in [6.45, 7) is 2.40.